The molecule has 0 saturated heterocycles. The first-order chi connectivity index (χ1) is 15.0. The van der Waals surface area contributed by atoms with Crippen LogP contribution in [0, 0.1) is 5.82 Å². The summed E-state index contributed by atoms with van der Waals surface area (Å²) in [7, 11) is 1.44. The van der Waals surface area contributed by atoms with E-state index >= 15 is 0 Å². The number of nitrogens with one attached hydrogen (secondary N) is 1. The van der Waals surface area contributed by atoms with Gasteiger partial charge in [-0.15, -0.1) is 0 Å². The largest absolute Gasteiger partial charge is 0.495 e. The number of ether oxygens (including phenoxy) is 1. The molecule has 8 heteroatoms. The second-order valence-electron chi connectivity index (χ2n) is 6.52. The number of rotatable bonds is 6. The summed E-state index contributed by atoms with van der Waals surface area (Å²) < 4.78 is 19.0. The van der Waals surface area contributed by atoms with E-state index in [-0.39, 0.29) is 16.3 Å². The van der Waals surface area contributed by atoms with Crippen molar-refractivity contribution >= 4 is 46.6 Å². The zero-order chi connectivity index (χ0) is 22.0. The molecular formula is C23H16ClFN2O3S. The highest BCUT2D eigenvalue weighted by molar-refractivity contribution is 8.04. The van der Waals surface area contributed by atoms with E-state index in [9.17, 15) is 14.0 Å². The van der Waals surface area contributed by atoms with Crippen LogP contribution in [0.15, 0.2) is 88.3 Å². The van der Waals surface area contributed by atoms with Crippen molar-refractivity contribution in [2.24, 2.45) is 0 Å². The van der Waals surface area contributed by atoms with Crippen LogP contribution in [0.2, 0.25) is 5.02 Å². The van der Waals surface area contributed by atoms with E-state index in [2.05, 4.69) is 5.32 Å². The van der Waals surface area contributed by atoms with Gasteiger partial charge in [-0.1, -0.05) is 47.6 Å². The Bertz CT molecular complexity index is 1200. The van der Waals surface area contributed by atoms with Gasteiger partial charge in [0.25, 0.3) is 11.8 Å². The first-order valence-corrected chi connectivity index (χ1v) is 10.4. The minimum Gasteiger partial charge on any atom is -0.495 e. The number of carbonyl (C=O) groups is 2. The summed E-state index contributed by atoms with van der Waals surface area (Å²) in [6, 6.07) is 19.5. The number of hydrogen-bond donors (Lipinski definition) is 1. The third-order valence-corrected chi connectivity index (χ3v) is 5.81. The molecule has 2 amide bonds. The van der Waals surface area contributed by atoms with Gasteiger partial charge in [0.1, 0.15) is 22.2 Å². The average Bonchev–Trinajstić information content (AvgIpc) is 2.98. The maximum absolute atomic E-state index is 13.7. The molecule has 4 rings (SSSR count). The maximum Gasteiger partial charge on any atom is 0.283 e. The lowest BCUT2D eigenvalue weighted by Gasteiger charge is -2.18. The molecule has 156 valence electrons. The molecule has 3 aromatic rings. The quantitative estimate of drug-likeness (QED) is 0.500. The average molecular weight is 455 g/mol. The van der Waals surface area contributed by atoms with Gasteiger partial charge in [0, 0.05) is 15.6 Å². The second-order valence-corrected chi connectivity index (χ2v) is 8.04. The summed E-state index contributed by atoms with van der Waals surface area (Å²) in [5, 5.41) is 3.26. The van der Waals surface area contributed by atoms with Gasteiger partial charge >= 0.3 is 0 Å². The van der Waals surface area contributed by atoms with Crippen LogP contribution in [0.1, 0.15) is 0 Å². The summed E-state index contributed by atoms with van der Waals surface area (Å²) in [6.07, 6.45) is 0. The lowest BCUT2D eigenvalue weighted by molar-refractivity contribution is -0.120. The Labute approximate surface area is 187 Å². The van der Waals surface area contributed by atoms with Crippen molar-refractivity contribution in [2.75, 3.05) is 17.3 Å². The van der Waals surface area contributed by atoms with E-state index in [1.165, 1.54) is 31.4 Å². The zero-order valence-electron chi connectivity index (χ0n) is 16.3. The summed E-state index contributed by atoms with van der Waals surface area (Å²) in [5.41, 5.74) is 0.626. The molecule has 0 saturated carbocycles. The molecule has 1 N–H and O–H groups in total. The molecule has 1 aliphatic heterocycles. The fourth-order valence-electron chi connectivity index (χ4n) is 3.09. The maximum atomic E-state index is 13.7. The van der Waals surface area contributed by atoms with Crippen LogP contribution >= 0.6 is 23.4 Å². The SMILES string of the molecule is COc1ccc(Cl)cc1N1C(=O)C(Nc2cccc(F)c2)=C(Sc2ccccc2)C1=O. The number of imide groups is 1. The highest BCUT2D eigenvalue weighted by atomic mass is 35.5. The van der Waals surface area contributed by atoms with Gasteiger partial charge in [-0.25, -0.2) is 9.29 Å². The molecule has 0 radical (unpaired) electrons. The number of nitrogens with zero attached hydrogens (tertiary/aromatic N) is 1. The van der Waals surface area contributed by atoms with Crippen LogP contribution in [0.3, 0.4) is 0 Å². The van der Waals surface area contributed by atoms with Gasteiger partial charge in [-0.2, -0.15) is 0 Å². The molecule has 0 fully saturated rings. The highest BCUT2D eigenvalue weighted by Gasteiger charge is 2.41. The van der Waals surface area contributed by atoms with Crippen LogP contribution in [0.25, 0.3) is 0 Å². The van der Waals surface area contributed by atoms with Gasteiger partial charge in [0.05, 0.1) is 12.8 Å². The minimum absolute atomic E-state index is 0.0477. The molecular weight excluding hydrogens is 439 g/mol. The molecule has 0 aromatic heterocycles. The fourth-order valence-corrected chi connectivity index (χ4v) is 4.20. The summed E-state index contributed by atoms with van der Waals surface area (Å²) in [4.78, 5) is 28.7. The number of amides is 2. The Morgan fingerprint density at radius 1 is 0.968 bits per heavy atom. The summed E-state index contributed by atoms with van der Waals surface area (Å²) in [6.45, 7) is 0. The summed E-state index contributed by atoms with van der Waals surface area (Å²) in [5.74, 6) is -1.26. The van der Waals surface area contributed by atoms with Gasteiger partial charge in [-0.05, 0) is 48.5 Å². The van der Waals surface area contributed by atoms with E-state index in [0.717, 1.165) is 21.6 Å². The topological polar surface area (TPSA) is 58.6 Å². The first-order valence-electron chi connectivity index (χ1n) is 9.20. The van der Waals surface area contributed by atoms with E-state index in [4.69, 9.17) is 16.3 Å². The van der Waals surface area contributed by atoms with E-state index in [1.54, 1.807) is 18.2 Å². The number of hydrogen-bond acceptors (Lipinski definition) is 5. The normalized spacial score (nSPS) is 13.7. The Morgan fingerprint density at radius 3 is 2.45 bits per heavy atom. The van der Waals surface area contributed by atoms with Crippen LogP contribution < -0.4 is 15.0 Å². The van der Waals surface area contributed by atoms with Crippen molar-refractivity contribution in [1.29, 1.82) is 0 Å². The molecule has 3 aromatic carbocycles. The van der Waals surface area contributed by atoms with Gasteiger partial charge in [0.15, 0.2) is 0 Å². The minimum atomic E-state index is -0.590. The smallest absolute Gasteiger partial charge is 0.283 e. The number of anilines is 2. The highest BCUT2D eigenvalue weighted by Crippen LogP contribution is 2.41. The van der Waals surface area contributed by atoms with E-state index in [1.807, 2.05) is 30.3 Å². The third-order valence-electron chi connectivity index (χ3n) is 4.48. The van der Waals surface area contributed by atoms with E-state index in [0.29, 0.717) is 16.5 Å². The lowest BCUT2D eigenvalue weighted by Crippen LogP contribution is -2.32. The molecule has 0 bridgehead atoms. The number of halogens is 2. The molecule has 5 nitrogen and oxygen atoms in total. The van der Waals surface area contributed by atoms with E-state index < -0.39 is 17.6 Å². The predicted molar refractivity (Wildman–Crippen MR) is 120 cm³/mol. The Hall–Kier alpha value is -3.29. The fraction of sp³-hybridized carbons (Fsp3) is 0.0435. The number of benzene rings is 3. The molecule has 0 unspecified atom stereocenters. The number of carbonyl (C=O) groups excluding carboxylic acids is 2. The molecule has 1 aliphatic rings. The molecule has 0 atom stereocenters. The van der Waals surface area contributed by atoms with Crippen molar-refractivity contribution in [2.45, 2.75) is 4.90 Å². The van der Waals surface area contributed by atoms with Crippen molar-refractivity contribution in [3.63, 3.8) is 0 Å². The molecule has 1 heterocycles. The first kappa shape index (κ1) is 21.0. The van der Waals surface area contributed by atoms with Crippen molar-refractivity contribution in [3.8, 4) is 5.75 Å². The third kappa shape index (κ3) is 4.28. The Kier molecular flexibility index (Phi) is 5.97. The second kappa shape index (κ2) is 8.83. The van der Waals surface area contributed by atoms with Gasteiger partial charge < -0.3 is 10.1 Å². The molecule has 31 heavy (non-hydrogen) atoms. The lowest BCUT2D eigenvalue weighted by atomic mass is 10.2. The monoisotopic (exact) mass is 454 g/mol. The van der Waals surface area contributed by atoms with Crippen molar-refractivity contribution in [3.05, 3.63) is 94.2 Å². The number of thioether (sulfide) groups is 1. The zero-order valence-corrected chi connectivity index (χ0v) is 17.8. The van der Waals surface area contributed by atoms with Crippen LogP contribution in [-0.4, -0.2) is 18.9 Å². The predicted octanol–water partition coefficient (Wildman–Crippen LogP) is 5.48. The number of methoxy groups -OCH3 is 1. The van der Waals surface area contributed by atoms with Crippen LogP contribution in [0.5, 0.6) is 5.75 Å². The summed E-state index contributed by atoms with van der Waals surface area (Å²) >= 11 is 7.26. The van der Waals surface area contributed by atoms with Crippen molar-refractivity contribution in [1.82, 2.24) is 0 Å². The van der Waals surface area contributed by atoms with Crippen molar-refractivity contribution < 1.29 is 18.7 Å². The Morgan fingerprint density at radius 2 is 1.74 bits per heavy atom. The van der Waals surface area contributed by atoms with Crippen LogP contribution in [-0.2, 0) is 9.59 Å². The van der Waals surface area contributed by atoms with Gasteiger partial charge in [0.2, 0.25) is 0 Å². The standard InChI is InChI=1S/C23H16ClFN2O3S/c1-30-19-11-10-14(24)12-18(19)27-22(28)20(26-16-7-5-6-15(25)13-16)21(23(27)29)31-17-8-3-2-4-9-17/h2-13,26H,1H3. The molecule has 0 aliphatic carbocycles. The Balaban J connectivity index is 1.79. The van der Waals surface area contributed by atoms with Gasteiger partial charge in [-0.3, -0.25) is 9.59 Å². The molecule has 0 spiro atoms. The van der Waals surface area contributed by atoms with Crippen LogP contribution in [0.4, 0.5) is 15.8 Å².